The van der Waals surface area contributed by atoms with Crippen molar-refractivity contribution >= 4 is 11.9 Å². The Bertz CT molecular complexity index is 605. The molecule has 0 aromatic rings. The average Bonchev–Trinajstić information content (AvgIpc) is 2.70. The maximum Gasteiger partial charge on any atom is 0.315 e. The normalized spacial score (nSPS) is 32.1. The number of hydrogen-bond donors (Lipinski definition) is 2. The van der Waals surface area contributed by atoms with E-state index in [9.17, 15) is 9.59 Å². The van der Waals surface area contributed by atoms with Gasteiger partial charge in [-0.2, -0.15) is 0 Å². The SMILES string of the molecule is O=C(NCCCC(=O)N1CCCC2CCCC=C21)NC12CCCC(CCC1)C2. The lowest BCUT2D eigenvalue weighted by atomic mass is 9.67. The van der Waals surface area contributed by atoms with Crippen molar-refractivity contribution in [3.05, 3.63) is 11.8 Å². The van der Waals surface area contributed by atoms with Crippen LogP contribution >= 0.6 is 0 Å². The molecule has 156 valence electrons. The molecular formula is C23H37N3O2. The van der Waals surface area contributed by atoms with E-state index in [-0.39, 0.29) is 17.5 Å². The van der Waals surface area contributed by atoms with Gasteiger partial charge in [-0.1, -0.05) is 31.8 Å². The fourth-order valence-electron chi connectivity index (χ4n) is 6.17. The monoisotopic (exact) mass is 387 g/mol. The summed E-state index contributed by atoms with van der Waals surface area (Å²) in [4.78, 5) is 27.2. The van der Waals surface area contributed by atoms with Crippen LogP contribution in [0, 0.1) is 11.8 Å². The van der Waals surface area contributed by atoms with E-state index in [2.05, 4.69) is 16.7 Å². The number of carbonyl (C=O) groups excluding carboxylic acids is 2. The molecule has 5 heteroatoms. The molecule has 1 aliphatic heterocycles. The van der Waals surface area contributed by atoms with Gasteiger partial charge in [0, 0.05) is 30.7 Å². The standard InChI is InChI=1S/C23H37N3O2/c27-21(26-16-6-10-19-9-1-2-11-20(19)26)12-5-15-24-22(28)25-23-13-3-7-18(17-23)8-4-14-23/h11,18-19H,1-10,12-17H2,(H2,24,25,28). The molecule has 2 saturated carbocycles. The van der Waals surface area contributed by atoms with Crippen molar-refractivity contribution in [1.29, 1.82) is 0 Å². The van der Waals surface area contributed by atoms with Crippen molar-refractivity contribution in [1.82, 2.24) is 15.5 Å². The van der Waals surface area contributed by atoms with E-state index in [1.807, 2.05) is 4.90 Å². The predicted octanol–water partition coefficient (Wildman–Crippen LogP) is 4.49. The van der Waals surface area contributed by atoms with Crippen LogP contribution < -0.4 is 10.6 Å². The van der Waals surface area contributed by atoms with E-state index in [1.54, 1.807) is 0 Å². The van der Waals surface area contributed by atoms with Crippen LogP contribution in [0.1, 0.15) is 89.9 Å². The minimum atomic E-state index is -0.0389. The summed E-state index contributed by atoms with van der Waals surface area (Å²) in [5.41, 5.74) is 1.33. The van der Waals surface area contributed by atoms with E-state index < -0.39 is 0 Å². The van der Waals surface area contributed by atoms with Crippen molar-refractivity contribution in [2.75, 3.05) is 13.1 Å². The van der Waals surface area contributed by atoms with Crippen molar-refractivity contribution in [3.63, 3.8) is 0 Å². The molecule has 1 heterocycles. The van der Waals surface area contributed by atoms with Crippen LogP contribution in [0.2, 0.25) is 0 Å². The Kier molecular flexibility index (Phi) is 6.27. The lowest BCUT2D eigenvalue weighted by Gasteiger charge is -2.45. The lowest BCUT2D eigenvalue weighted by molar-refractivity contribution is -0.130. The summed E-state index contributed by atoms with van der Waals surface area (Å²) in [5.74, 6) is 1.65. The molecule has 2 N–H and O–H groups in total. The van der Waals surface area contributed by atoms with Gasteiger partial charge in [0.25, 0.3) is 0 Å². The summed E-state index contributed by atoms with van der Waals surface area (Å²) in [6.07, 6.45) is 18.1. The van der Waals surface area contributed by atoms with Crippen LogP contribution in [0.3, 0.4) is 0 Å². The number of nitrogens with zero attached hydrogens (tertiary/aromatic N) is 1. The second-order valence-electron chi connectivity index (χ2n) is 9.56. The highest BCUT2D eigenvalue weighted by atomic mass is 16.2. The third-order valence-electron chi connectivity index (χ3n) is 7.52. The highest BCUT2D eigenvalue weighted by molar-refractivity contribution is 5.78. The van der Waals surface area contributed by atoms with Crippen molar-refractivity contribution in [3.8, 4) is 0 Å². The number of fused-ring (bicyclic) bond motifs is 3. The van der Waals surface area contributed by atoms with Crippen LogP contribution in [0.4, 0.5) is 4.79 Å². The van der Waals surface area contributed by atoms with Crippen LogP contribution in [0.5, 0.6) is 0 Å². The molecule has 1 unspecified atom stereocenters. The van der Waals surface area contributed by atoms with Gasteiger partial charge < -0.3 is 15.5 Å². The zero-order valence-corrected chi connectivity index (χ0v) is 17.3. The number of allylic oxidation sites excluding steroid dienone is 2. The molecule has 5 nitrogen and oxygen atoms in total. The number of piperidine rings is 1. The second kappa shape index (κ2) is 8.87. The first-order chi connectivity index (χ1) is 13.7. The fourth-order valence-corrected chi connectivity index (χ4v) is 6.17. The van der Waals surface area contributed by atoms with Crippen molar-refractivity contribution < 1.29 is 9.59 Å². The molecule has 0 aromatic heterocycles. The van der Waals surface area contributed by atoms with Gasteiger partial charge in [0.1, 0.15) is 0 Å². The number of likely N-dealkylation sites (tertiary alicyclic amines) is 1. The third kappa shape index (κ3) is 4.55. The highest BCUT2D eigenvalue weighted by Gasteiger charge is 2.40. The Balaban J connectivity index is 1.18. The molecule has 28 heavy (non-hydrogen) atoms. The molecule has 1 saturated heterocycles. The van der Waals surface area contributed by atoms with Crippen LogP contribution in [-0.4, -0.2) is 35.5 Å². The van der Waals surface area contributed by atoms with Gasteiger partial charge >= 0.3 is 6.03 Å². The topological polar surface area (TPSA) is 61.4 Å². The summed E-state index contributed by atoms with van der Waals surface area (Å²) >= 11 is 0. The summed E-state index contributed by atoms with van der Waals surface area (Å²) in [6.45, 7) is 1.45. The molecular weight excluding hydrogens is 350 g/mol. The first kappa shape index (κ1) is 19.8. The Morgan fingerprint density at radius 2 is 1.86 bits per heavy atom. The molecule has 0 radical (unpaired) electrons. The quantitative estimate of drug-likeness (QED) is 0.683. The number of urea groups is 1. The van der Waals surface area contributed by atoms with E-state index in [0.29, 0.717) is 18.9 Å². The number of nitrogens with one attached hydrogen (secondary N) is 2. The summed E-state index contributed by atoms with van der Waals surface area (Å²) < 4.78 is 0. The largest absolute Gasteiger partial charge is 0.338 e. The zero-order chi connectivity index (χ0) is 19.4. The van der Waals surface area contributed by atoms with Gasteiger partial charge in [-0.15, -0.1) is 0 Å². The average molecular weight is 388 g/mol. The van der Waals surface area contributed by atoms with Gasteiger partial charge in [0.2, 0.25) is 5.91 Å². The number of amides is 3. The maximum absolute atomic E-state index is 12.7. The predicted molar refractivity (Wildman–Crippen MR) is 111 cm³/mol. The van der Waals surface area contributed by atoms with Crippen LogP contribution in [0.25, 0.3) is 0 Å². The van der Waals surface area contributed by atoms with E-state index in [4.69, 9.17) is 0 Å². The Hall–Kier alpha value is -1.52. The van der Waals surface area contributed by atoms with Gasteiger partial charge in [0.15, 0.2) is 0 Å². The summed E-state index contributed by atoms with van der Waals surface area (Å²) in [5, 5.41) is 6.31. The van der Waals surface area contributed by atoms with Crippen LogP contribution in [0.15, 0.2) is 11.8 Å². The maximum atomic E-state index is 12.7. The molecule has 0 aromatic carbocycles. The van der Waals surface area contributed by atoms with Gasteiger partial charge in [-0.05, 0) is 69.6 Å². The molecule has 1 atom stereocenters. The number of rotatable bonds is 5. The van der Waals surface area contributed by atoms with Crippen LogP contribution in [-0.2, 0) is 4.79 Å². The van der Waals surface area contributed by atoms with Gasteiger partial charge in [0.05, 0.1) is 0 Å². The zero-order valence-electron chi connectivity index (χ0n) is 17.3. The molecule has 2 bridgehead atoms. The van der Waals surface area contributed by atoms with Crippen molar-refractivity contribution in [2.45, 2.75) is 95.4 Å². The molecule has 3 aliphatic carbocycles. The number of hydrogen-bond acceptors (Lipinski definition) is 2. The third-order valence-corrected chi connectivity index (χ3v) is 7.52. The van der Waals surface area contributed by atoms with E-state index in [1.165, 1.54) is 50.6 Å². The highest BCUT2D eigenvalue weighted by Crippen LogP contribution is 2.42. The lowest BCUT2D eigenvalue weighted by Crippen LogP contribution is -2.56. The Morgan fingerprint density at radius 1 is 1.07 bits per heavy atom. The summed E-state index contributed by atoms with van der Waals surface area (Å²) in [7, 11) is 0. The molecule has 3 fully saturated rings. The van der Waals surface area contributed by atoms with Crippen molar-refractivity contribution in [2.24, 2.45) is 11.8 Å². The Labute approximate surface area is 169 Å². The molecule has 0 spiro atoms. The first-order valence-electron chi connectivity index (χ1n) is 11.7. The van der Waals surface area contributed by atoms with Gasteiger partial charge in [-0.25, -0.2) is 4.79 Å². The first-order valence-corrected chi connectivity index (χ1v) is 11.7. The van der Waals surface area contributed by atoms with Gasteiger partial charge in [-0.3, -0.25) is 4.79 Å². The second-order valence-corrected chi connectivity index (χ2v) is 9.56. The smallest absolute Gasteiger partial charge is 0.315 e. The van der Waals surface area contributed by atoms with E-state index in [0.717, 1.165) is 51.0 Å². The Morgan fingerprint density at radius 3 is 2.68 bits per heavy atom. The summed E-state index contributed by atoms with van der Waals surface area (Å²) in [6, 6.07) is -0.0389. The number of carbonyl (C=O) groups is 2. The minimum absolute atomic E-state index is 0.0389. The molecule has 3 amide bonds. The molecule has 4 aliphatic rings. The fraction of sp³-hybridized carbons (Fsp3) is 0.826. The minimum Gasteiger partial charge on any atom is -0.338 e. The molecule has 4 rings (SSSR count). The van der Waals surface area contributed by atoms with E-state index >= 15 is 0 Å².